The second-order valence-corrected chi connectivity index (χ2v) is 7.77. The number of nitrogens with zero attached hydrogens (tertiary/aromatic N) is 1. The summed E-state index contributed by atoms with van der Waals surface area (Å²) in [6, 6.07) is 8.10. The lowest BCUT2D eigenvalue weighted by Gasteiger charge is -2.32. The number of piperidine rings is 1. The van der Waals surface area contributed by atoms with Gasteiger partial charge in [0.2, 0.25) is 0 Å². The van der Waals surface area contributed by atoms with Crippen molar-refractivity contribution >= 4 is 23.3 Å². The highest BCUT2D eigenvalue weighted by Crippen LogP contribution is 2.20. The molecule has 1 amide bonds. The molecule has 144 valence electrons. The second-order valence-electron chi connectivity index (χ2n) is 7.33. The molecule has 0 aliphatic carbocycles. The van der Waals surface area contributed by atoms with Crippen LogP contribution in [-0.2, 0) is 6.54 Å². The average molecular weight is 388 g/mol. The first-order chi connectivity index (χ1) is 12.8. The number of amides is 1. The molecule has 2 heterocycles. The van der Waals surface area contributed by atoms with Crippen molar-refractivity contribution in [1.29, 1.82) is 0 Å². The Balaban J connectivity index is 1.54. The molecule has 5 nitrogen and oxygen atoms in total. The summed E-state index contributed by atoms with van der Waals surface area (Å²) < 4.78 is 0. The number of likely N-dealkylation sites (tertiary alicyclic amines) is 1. The Labute approximate surface area is 165 Å². The fourth-order valence-electron chi connectivity index (χ4n) is 3.85. The molecule has 1 saturated heterocycles. The van der Waals surface area contributed by atoms with E-state index < -0.39 is 0 Å². The summed E-state index contributed by atoms with van der Waals surface area (Å²) in [5, 5.41) is 3.87. The third-order valence-electron chi connectivity index (χ3n) is 5.26. The molecule has 3 rings (SSSR count). The molecular weight excluding hydrogens is 362 g/mol. The number of aromatic amines is 1. The summed E-state index contributed by atoms with van der Waals surface area (Å²) in [7, 11) is 0. The summed E-state index contributed by atoms with van der Waals surface area (Å²) in [5.41, 5.74) is 3.86. The molecule has 2 N–H and O–H groups in total. The zero-order chi connectivity index (χ0) is 19.6. The van der Waals surface area contributed by atoms with Crippen molar-refractivity contribution in [3.05, 3.63) is 57.4 Å². The molecule has 0 bridgehead atoms. The number of benzene rings is 1. The largest absolute Gasteiger partial charge is 0.354 e. The predicted octanol–water partition coefficient (Wildman–Crippen LogP) is 3.88. The minimum atomic E-state index is -0.126. The van der Waals surface area contributed by atoms with Crippen LogP contribution in [0, 0.1) is 13.8 Å². The van der Waals surface area contributed by atoms with Crippen molar-refractivity contribution in [2.75, 3.05) is 13.1 Å². The Hall–Kier alpha value is -2.11. The van der Waals surface area contributed by atoms with Crippen molar-refractivity contribution in [3.8, 4) is 0 Å². The summed E-state index contributed by atoms with van der Waals surface area (Å²) in [5.74, 6) is -0.143. The Bertz CT molecular complexity index is 834. The van der Waals surface area contributed by atoms with Crippen molar-refractivity contribution in [3.63, 3.8) is 0 Å². The van der Waals surface area contributed by atoms with Crippen LogP contribution in [0.1, 0.15) is 57.4 Å². The van der Waals surface area contributed by atoms with Crippen molar-refractivity contribution in [1.82, 2.24) is 15.2 Å². The number of hydrogen-bond donors (Lipinski definition) is 2. The van der Waals surface area contributed by atoms with E-state index in [1.54, 1.807) is 0 Å². The molecule has 1 aliphatic heterocycles. The van der Waals surface area contributed by atoms with E-state index in [4.69, 9.17) is 11.6 Å². The quantitative estimate of drug-likeness (QED) is 0.765. The first kappa shape index (κ1) is 19.6. The summed E-state index contributed by atoms with van der Waals surface area (Å²) >= 11 is 5.94. The molecule has 1 aromatic heterocycles. The third-order valence-corrected chi connectivity index (χ3v) is 5.51. The number of ketones is 1. The lowest BCUT2D eigenvalue weighted by Crippen LogP contribution is -2.44. The Kier molecular flexibility index (Phi) is 6.02. The smallest absolute Gasteiger partial charge is 0.268 e. The monoisotopic (exact) mass is 387 g/mol. The minimum absolute atomic E-state index is 0.0178. The van der Waals surface area contributed by atoms with E-state index in [-0.39, 0.29) is 17.7 Å². The first-order valence-corrected chi connectivity index (χ1v) is 9.70. The number of aryl methyl sites for hydroxylation is 1. The van der Waals surface area contributed by atoms with Crippen LogP contribution in [0.3, 0.4) is 0 Å². The number of Topliss-reactive ketones (excluding diaryl/α,β-unsaturated/α-hetero) is 1. The van der Waals surface area contributed by atoms with Gasteiger partial charge < -0.3 is 10.3 Å². The maximum absolute atomic E-state index is 12.6. The van der Waals surface area contributed by atoms with Gasteiger partial charge >= 0.3 is 0 Å². The van der Waals surface area contributed by atoms with E-state index in [0.717, 1.165) is 48.8 Å². The molecule has 1 fully saturated rings. The number of rotatable bonds is 5. The van der Waals surface area contributed by atoms with Crippen LogP contribution in [0.2, 0.25) is 5.02 Å². The van der Waals surface area contributed by atoms with E-state index in [1.165, 1.54) is 12.5 Å². The Morgan fingerprint density at radius 3 is 2.37 bits per heavy atom. The van der Waals surface area contributed by atoms with Gasteiger partial charge in [-0.05, 0) is 56.9 Å². The number of carbonyl (C=O) groups excluding carboxylic acids is 2. The van der Waals surface area contributed by atoms with E-state index in [1.807, 2.05) is 26.0 Å². The maximum Gasteiger partial charge on any atom is 0.268 e. The minimum Gasteiger partial charge on any atom is -0.354 e. The molecule has 2 aromatic rings. The van der Waals surface area contributed by atoms with Crippen LogP contribution in [0.4, 0.5) is 0 Å². The molecule has 6 heteroatoms. The average Bonchev–Trinajstić information content (AvgIpc) is 2.93. The number of H-pyrrole nitrogens is 1. The van der Waals surface area contributed by atoms with Gasteiger partial charge in [0.05, 0.1) is 0 Å². The van der Waals surface area contributed by atoms with Crippen LogP contribution in [-0.4, -0.2) is 40.7 Å². The van der Waals surface area contributed by atoms with Crippen molar-refractivity contribution in [2.45, 2.75) is 46.2 Å². The van der Waals surface area contributed by atoms with Crippen LogP contribution >= 0.6 is 11.6 Å². The highest BCUT2D eigenvalue weighted by Gasteiger charge is 2.24. The lowest BCUT2D eigenvalue weighted by atomic mass is 10.0. The lowest BCUT2D eigenvalue weighted by molar-refractivity contribution is 0.0903. The predicted molar refractivity (Wildman–Crippen MR) is 107 cm³/mol. The molecule has 1 aliphatic rings. The normalized spacial score (nSPS) is 15.7. The van der Waals surface area contributed by atoms with Gasteiger partial charge in [-0.25, -0.2) is 0 Å². The number of halogens is 1. The van der Waals surface area contributed by atoms with Gasteiger partial charge in [0.25, 0.3) is 5.91 Å². The van der Waals surface area contributed by atoms with Crippen molar-refractivity contribution in [2.24, 2.45) is 0 Å². The van der Waals surface area contributed by atoms with E-state index in [0.29, 0.717) is 11.3 Å². The highest BCUT2D eigenvalue weighted by atomic mass is 35.5. The van der Waals surface area contributed by atoms with E-state index in [2.05, 4.69) is 27.3 Å². The summed E-state index contributed by atoms with van der Waals surface area (Å²) in [4.78, 5) is 29.9. The van der Waals surface area contributed by atoms with E-state index >= 15 is 0 Å². The first-order valence-electron chi connectivity index (χ1n) is 9.33. The number of carbonyl (C=O) groups is 2. The van der Waals surface area contributed by atoms with Crippen LogP contribution in [0.15, 0.2) is 24.3 Å². The molecule has 1 aromatic carbocycles. The summed E-state index contributed by atoms with van der Waals surface area (Å²) in [6.07, 6.45) is 1.83. The standard InChI is InChI=1S/C21H26ClN3O2/c1-13-19(15(3)26)14(2)23-20(13)21(27)24-18-8-10-25(11-9-18)12-16-4-6-17(22)7-5-16/h4-7,18,23H,8-12H2,1-3H3,(H,24,27). The van der Waals surface area contributed by atoms with Gasteiger partial charge in [-0.3, -0.25) is 14.5 Å². The molecule has 0 spiro atoms. The van der Waals surface area contributed by atoms with Gasteiger partial charge in [0.15, 0.2) is 5.78 Å². The highest BCUT2D eigenvalue weighted by molar-refractivity contribution is 6.30. The zero-order valence-corrected chi connectivity index (χ0v) is 16.8. The van der Waals surface area contributed by atoms with Gasteiger partial charge in [-0.15, -0.1) is 0 Å². The molecule has 0 saturated carbocycles. The fraction of sp³-hybridized carbons (Fsp3) is 0.429. The Morgan fingerprint density at radius 1 is 1.19 bits per heavy atom. The van der Waals surface area contributed by atoms with Crippen LogP contribution in [0.25, 0.3) is 0 Å². The van der Waals surface area contributed by atoms with Gasteiger partial charge in [-0.1, -0.05) is 23.7 Å². The van der Waals surface area contributed by atoms with Gasteiger partial charge in [0, 0.05) is 42.0 Å². The fourth-order valence-corrected chi connectivity index (χ4v) is 3.97. The molecule has 0 atom stereocenters. The molecular formula is C21H26ClN3O2. The number of nitrogens with one attached hydrogen (secondary N) is 2. The maximum atomic E-state index is 12.6. The Morgan fingerprint density at radius 2 is 1.81 bits per heavy atom. The third kappa shape index (κ3) is 4.60. The zero-order valence-electron chi connectivity index (χ0n) is 16.1. The topological polar surface area (TPSA) is 65.2 Å². The van der Waals surface area contributed by atoms with Crippen LogP contribution in [0.5, 0.6) is 0 Å². The van der Waals surface area contributed by atoms with Gasteiger partial charge in [0.1, 0.15) is 5.69 Å². The molecule has 0 radical (unpaired) electrons. The van der Waals surface area contributed by atoms with E-state index in [9.17, 15) is 9.59 Å². The van der Waals surface area contributed by atoms with Crippen LogP contribution < -0.4 is 5.32 Å². The number of hydrogen-bond acceptors (Lipinski definition) is 3. The molecule has 27 heavy (non-hydrogen) atoms. The van der Waals surface area contributed by atoms with Gasteiger partial charge in [-0.2, -0.15) is 0 Å². The summed E-state index contributed by atoms with van der Waals surface area (Å²) in [6.45, 7) is 7.96. The van der Waals surface area contributed by atoms with Crippen molar-refractivity contribution < 1.29 is 9.59 Å². The molecule has 0 unspecified atom stereocenters. The SMILES string of the molecule is CC(=O)c1c(C)[nH]c(C(=O)NC2CCN(Cc3ccc(Cl)cc3)CC2)c1C. The second kappa shape index (κ2) is 8.28. The number of aromatic nitrogens is 1.